The highest BCUT2D eigenvalue weighted by Gasteiger charge is 2.08. The third-order valence-corrected chi connectivity index (χ3v) is 1.68. The third kappa shape index (κ3) is 5.84. The van der Waals surface area contributed by atoms with Crippen LogP contribution in [-0.2, 0) is 19.4 Å². The van der Waals surface area contributed by atoms with Crippen LogP contribution in [0.3, 0.4) is 0 Å². The highest BCUT2D eigenvalue weighted by atomic mass is 32.2. The van der Waals surface area contributed by atoms with Crippen molar-refractivity contribution >= 4 is 15.8 Å². The highest BCUT2D eigenvalue weighted by molar-refractivity contribution is 7.90. The first kappa shape index (κ1) is 11.1. The Balaban J connectivity index is 4.32. The fourth-order valence-corrected chi connectivity index (χ4v) is 1.06. The van der Waals surface area contributed by atoms with Gasteiger partial charge in [0.15, 0.2) is 9.84 Å². The Morgan fingerprint density at radius 2 is 2.08 bits per heavy atom. The number of rotatable bonds is 3. The summed E-state index contributed by atoms with van der Waals surface area (Å²) in [5.74, 6) is -2.71. The van der Waals surface area contributed by atoms with Crippen LogP contribution in [0.5, 0.6) is 0 Å². The Bertz CT molecular complexity index is 291. The summed E-state index contributed by atoms with van der Waals surface area (Å²) in [6.45, 7) is 0. The first-order valence-electron chi connectivity index (χ1n) is 2.97. The zero-order valence-corrected chi connectivity index (χ0v) is 7.52. The van der Waals surface area contributed by atoms with Gasteiger partial charge in [-0.05, 0) is 0 Å². The van der Waals surface area contributed by atoms with Crippen molar-refractivity contribution in [2.45, 2.75) is 0 Å². The maximum absolute atomic E-state index is 12.5. The summed E-state index contributed by atoms with van der Waals surface area (Å²) in [6.07, 6.45) is 1.37. The Morgan fingerprint density at radius 3 is 2.42 bits per heavy atom. The van der Waals surface area contributed by atoms with E-state index in [1.807, 2.05) is 0 Å². The second-order valence-corrected chi connectivity index (χ2v) is 4.32. The molecule has 0 rings (SSSR count). The van der Waals surface area contributed by atoms with E-state index in [4.69, 9.17) is 0 Å². The maximum atomic E-state index is 12.5. The lowest BCUT2D eigenvalue weighted by atomic mass is 10.5. The number of carbonyl (C=O) groups excluding carboxylic acids is 1. The van der Waals surface area contributed by atoms with Crippen molar-refractivity contribution in [2.75, 3.05) is 19.1 Å². The molecule has 0 bridgehead atoms. The molecular weight excluding hydrogens is 187 g/mol. The molecule has 0 saturated carbocycles. The number of ether oxygens (including phenoxy) is 1. The molecule has 0 radical (unpaired) electrons. The van der Waals surface area contributed by atoms with Gasteiger partial charge in [-0.25, -0.2) is 17.6 Å². The molecule has 0 unspecified atom stereocenters. The van der Waals surface area contributed by atoms with E-state index in [0.29, 0.717) is 6.08 Å². The van der Waals surface area contributed by atoms with E-state index in [1.165, 1.54) is 0 Å². The SMILES string of the molecule is COC(=O)/C=C(/F)CS(C)(=O)=O. The number of hydrogen-bond donors (Lipinski definition) is 0. The number of hydrogen-bond acceptors (Lipinski definition) is 4. The summed E-state index contributed by atoms with van der Waals surface area (Å²) in [4.78, 5) is 10.4. The predicted molar refractivity (Wildman–Crippen MR) is 40.9 cm³/mol. The van der Waals surface area contributed by atoms with Crippen molar-refractivity contribution in [3.8, 4) is 0 Å². The topological polar surface area (TPSA) is 60.4 Å². The number of esters is 1. The summed E-state index contributed by atoms with van der Waals surface area (Å²) >= 11 is 0. The van der Waals surface area contributed by atoms with Crippen LogP contribution in [0.4, 0.5) is 4.39 Å². The molecule has 0 fully saturated rings. The lowest BCUT2D eigenvalue weighted by Crippen LogP contribution is -2.05. The predicted octanol–water partition coefficient (Wildman–Crippen LogP) is 0.0574. The number of halogens is 1. The number of methoxy groups -OCH3 is 1. The van der Waals surface area contributed by atoms with E-state index in [2.05, 4.69) is 4.74 Å². The Kier molecular flexibility index (Phi) is 3.88. The van der Waals surface area contributed by atoms with Gasteiger partial charge in [0.2, 0.25) is 0 Å². The summed E-state index contributed by atoms with van der Waals surface area (Å²) in [5, 5.41) is 0. The van der Waals surface area contributed by atoms with Crippen LogP contribution in [0.25, 0.3) is 0 Å². The van der Waals surface area contributed by atoms with Crippen LogP contribution in [0.1, 0.15) is 0 Å². The highest BCUT2D eigenvalue weighted by Crippen LogP contribution is 2.00. The molecule has 0 heterocycles. The minimum absolute atomic E-state index is 0.501. The summed E-state index contributed by atoms with van der Waals surface area (Å²) in [7, 11) is -2.35. The summed E-state index contributed by atoms with van der Waals surface area (Å²) in [6, 6.07) is 0. The van der Waals surface area contributed by atoms with Crippen LogP contribution < -0.4 is 0 Å². The van der Waals surface area contributed by atoms with E-state index < -0.39 is 27.4 Å². The molecule has 4 nitrogen and oxygen atoms in total. The van der Waals surface area contributed by atoms with Gasteiger partial charge in [-0.2, -0.15) is 0 Å². The normalized spacial score (nSPS) is 12.8. The molecule has 0 N–H and O–H groups in total. The lowest BCUT2D eigenvalue weighted by molar-refractivity contribution is -0.134. The van der Waals surface area contributed by atoms with Gasteiger partial charge < -0.3 is 4.74 Å². The van der Waals surface area contributed by atoms with Gasteiger partial charge in [-0.3, -0.25) is 0 Å². The van der Waals surface area contributed by atoms with Crippen LogP contribution in [0.2, 0.25) is 0 Å². The fourth-order valence-electron chi connectivity index (χ4n) is 0.479. The molecule has 0 aromatic rings. The van der Waals surface area contributed by atoms with E-state index in [9.17, 15) is 17.6 Å². The van der Waals surface area contributed by atoms with Gasteiger partial charge in [0, 0.05) is 6.26 Å². The van der Waals surface area contributed by atoms with Gasteiger partial charge in [0.05, 0.1) is 13.2 Å². The standard InChI is InChI=1S/C6H9FO4S/c1-11-6(8)3-5(7)4-12(2,9)10/h3H,4H2,1-2H3/b5-3+. The molecule has 0 saturated heterocycles. The molecule has 0 aliphatic heterocycles. The maximum Gasteiger partial charge on any atom is 0.333 e. The van der Waals surface area contributed by atoms with Crippen LogP contribution in [0, 0.1) is 0 Å². The largest absolute Gasteiger partial charge is 0.466 e. The smallest absolute Gasteiger partial charge is 0.333 e. The van der Waals surface area contributed by atoms with Crippen molar-refractivity contribution in [3.63, 3.8) is 0 Å². The minimum Gasteiger partial charge on any atom is -0.466 e. The van der Waals surface area contributed by atoms with Gasteiger partial charge in [0.1, 0.15) is 11.6 Å². The molecule has 0 aliphatic rings. The average Bonchev–Trinajstić information content (AvgIpc) is 1.82. The Morgan fingerprint density at radius 1 is 1.58 bits per heavy atom. The van der Waals surface area contributed by atoms with Gasteiger partial charge in [-0.1, -0.05) is 0 Å². The summed E-state index contributed by atoms with van der Waals surface area (Å²) in [5.41, 5.74) is 0. The van der Waals surface area contributed by atoms with Crippen molar-refractivity contribution in [3.05, 3.63) is 11.9 Å². The zero-order valence-electron chi connectivity index (χ0n) is 6.70. The zero-order chi connectivity index (χ0) is 9.78. The lowest BCUT2D eigenvalue weighted by Gasteiger charge is -1.94. The Hall–Kier alpha value is -0.910. The molecule has 0 amide bonds. The molecule has 0 aliphatic carbocycles. The summed E-state index contributed by atoms with van der Waals surface area (Å²) < 4.78 is 37.6. The minimum atomic E-state index is -3.43. The second-order valence-electron chi connectivity index (χ2n) is 2.18. The average molecular weight is 196 g/mol. The molecule has 0 atom stereocenters. The molecule has 0 aromatic carbocycles. The van der Waals surface area contributed by atoms with Crippen LogP contribution >= 0.6 is 0 Å². The van der Waals surface area contributed by atoms with Crippen LogP contribution in [-0.4, -0.2) is 33.5 Å². The third-order valence-electron chi connectivity index (χ3n) is 0.876. The monoisotopic (exact) mass is 196 g/mol. The van der Waals surface area contributed by atoms with Crippen molar-refractivity contribution < 1.29 is 22.3 Å². The van der Waals surface area contributed by atoms with Crippen molar-refractivity contribution in [1.29, 1.82) is 0 Å². The molecule has 0 spiro atoms. The molecular formula is C6H9FO4S. The first-order valence-corrected chi connectivity index (χ1v) is 5.03. The van der Waals surface area contributed by atoms with Gasteiger partial charge >= 0.3 is 5.97 Å². The molecule has 0 aromatic heterocycles. The number of carbonyl (C=O) groups is 1. The van der Waals surface area contributed by atoms with Gasteiger partial charge in [0.25, 0.3) is 0 Å². The Labute approximate surface area is 69.9 Å². The van der Waals surface area contributed by atoms with Crippen LogP contribution in [0.15, 0.2) is 11.9 Å². The first-order chi connectivity index (χ1) is 5.35. The molecule has 12 heavy (non-hydrogen) atoms. The number of sulfone groups is 1. The second kappa shape index (κ2) is 4.20. The van der Waals surface area contributed by atoms with E-state index in [1.54, 1.807) is 0 Å². The van der Waals surface area contributed by atoms with E-state index in [-0.39, 0.29) is 0 Å². The molecule has 70 valence electrons. The van der Waals surface area contributed by atoms with Crippen molar-refractivity contribution in [1.82, 2.24) is 0 Å². The fraction of sp³-hybridized carbons (Fsp3) is 0.500. The van der Waals surface area contributed by atoms with E-state index in [0.717, 1.165) is 13.4 Å². The van der Waals surface area contributed by atoms with E-state index >= 15 is 0 Å². The molecule has 6 heteroatoms. The quantitative estimate of drug-likeness (QED) is 0.473. The van der Waals surface area contributed by atoms with Crippen molar-refractivity contribution in [2.24, 2.45) is 0 Å². The van der Waals surface area contributed by atoms with Gasteiger partial charge in [-0.15, -0.1) is 0 Å².